The Morgan fingerprint density at radius 1 is 0.392 bits per heavy atom. The maximum atomic E-state index is 12.7. The van der Waals surface area contributed by atoms with Crippen molar-refractivity contribution in [3.05, 3.63) is 85.1 Å². The van der Waals surface area contributed by atoms with Gasteiger partial charge in [-0.05, 0) is 89.9 Å². The molecule has 79 heavy (non-hydrogen) atoms. The van der Waals surface area contributed by atoms with Crippen LogP contribution in [0.1, 0.15) is 309 Å². The van der Waals surface area contributed by atoms with Crippen LogP contribution in [0.5, 0.6) is 0 Å². The monoisotopic (exact) mass is 1130 g/mol. The van der Waals surface area contributed by atoms with Crippen molar-refractivity contribution in [3.63, 3.8) is 0 Å². The smallest absolute Gasteiger partial charge is 0.462 e. The summed E-state index contributed by atoms with van der Waals surface area (Å²) in [6.07, 6.45) is 85.2. The minimum Gasteiger partial charge on any atom is -0.462 e. The van der Waals surface area contributed by atoms with Gasteiger partial charge in [0.25, 0.3) is 0 Å². The largest absolute Gasteiger partial charge is 0.472 e. The third kappa shape index (κ3) is 64.2. The molecule has 0 aromatic carbocycles. The van der Waals surface area contributed by atoms with E-state index in [2.05, 4.69) is 98.9 Å². The number of rotatable bonds is 62. The summed E-state index contributed by atoms with van der Waals surface area (Å²) in [4.78, 5) is 35.3. The van der Waals surface area contributed by atoms with E-state index in [0.29, 0.717) is 6.42 Å². The van der Waals surface area contributed by atoms with Crippen molar-refractivity contribution in [3.8, 4) is 0 Å². The van der Waals surface area contributed by atoms with Crippen LogP contribution in [0.15, 0.2) is 85.1 Å². The standard InChI is InChI=1S/C69H124NO8P/c1-3-5-7-9-11-13-15-17-19-21-23-25-27-29-30-31-32-33-34-35-36-38-39-41-43-45-47-49-51-53-55-57-59-61-68(71)75-65-67(66-77-79(73,74)76-64-63-70)78-69(72)62-60-58-56-54-52-50-48-46-44-42-40-37-28-26-24-22-20-18-16-14-12-10-8-6-4-2/h6,8,12,14-15,17-18,20-21,23-24,26-27,29,67H,3-5,7,9-11,13,16,19,22,25,28,30-66,70H2,1-2H3,(H,73,74)/b8-6-,14-12-,17-15-,20-18-,23-21-,26-24-,29-27-. The van der Waals surface area contributed by atoms with Gasteiger partial charge in [0.15, 0.2) is 6.10 Å². The summed E-state index contributed by atoms with van der Waals surface area (Å²) in [5, 5.41) is 0. The molecule has 458 valence electrons. The lowest BCUT2D eigenvalue weighted by Crippen LogP contribution is -2.29. The van der Waals surface area contributed by atoms with Crippen molar-refractivity contribution in [2.24, 2.45) is 5.73 Å². The Hall–Kier alpha value is -2.81. The van der Waals surface area contributed by atoms with Gasteiger partial charge < -0.3 is 20.1 Å². The Labute approximate surface area is 487 Å². The fourth-order valence-corrected chi connectivity index (χ4v) is 10.2. The predicted molar refractivity (Wildman–Crippen MR) is 339 cm³/mol. The SMILES string of the molecule is CC/C=C\C/C=C\C/C=C\C/C=C\CCCCCCCCCCCCCCC(=O)OC(COC(=O)CCCCCCCCCCCCCCCCCCCC/C=C\C/C=C\C/C=C\CCCCCCC)COP(=O)(O)OCCN. The number of hydrogen-bond acceptors (Lipinski definition) is 8. The Morgan fingerprint density at radius 3 is 1.04 bits per heavy atom. The maximum absolute atomic E-state index is 12.7. The lowest BCUT2D eigenvalue weighted by Gasteiger charge is -2.19. The molecule has 3 N–H and O–H groups in total. The van der Waals surface area contributed by atoms with E-state index in [-0.39, 0.29) is 38.6 Å². The average molecular weight is 1130 g/mol. The number of esters is 2. The number of phosphoric ester groups is 1. The molecule has 0 bridgehead atoms. The second kappa shape index (κ2) is 64.4. The van der Waals surface area contributed by atoms with E-state index in [4.69, 9.17) is 24.3 Å². The highest BCUT2D eigenvalue weighted by Crippen LogP contribution is 2.43. The zero-order chi connectivity index (χ0) is 57.3. The molecule has 0 heterocycles. The van der Waals surface area contributed by atoms with Gasteiger partial charge in [0, 0.05) is 19.4 Å². The first-order chi connectivity index (χ1) is 38.8. The second-order valence-corrected chi connectivity index (χ2v) is 23.4. The van der Waals surface area contributed by atoms with Gasteiger partial charge in [-0.1, -0.05) is 292 Å². The Balaban J connectivity index is 3.88. The molecule has 0 aromatic heterocycles. The van der Waals surface area contributed by atoms with Crippen LogP contribution in [0, 0.1) is 0 Å². The number of phosphoric acid groups is 1. The molecule has 2 atom stereocenters. The average Bonchev–Trinajstić information content (AvgIpc) is 3.44. The van der Waals surface area contributed by atoms with E-state index in [9.17, 15) is 19.0 Å². The molecule has 0 saturated carbocycles. The molecule has 2 unspecified atom stereocenters. The number of ether oxygens (including phenoxy) is 2. The molecule has 0 rings (SSSR count). The lowest BCUT2D eigenvalue weighted by molar-refractivity contribution is -0.161. The number of allylic oxidation sites excluding steroid dienone is 14. The number of hydrogen-bond donors (Lipinski definition) is 2. The Bertz CT molecular complexity index is 1570. The van der Waals surface area contributed by atoms with E-state index in [1.54, 1.807) is 0 Å². The van der Waals surface area contributed by atoms with Crippen LogP contribution in [0.25, 0.3) is 0 Å². The minimum absolute atomic E-state index is 0.0513. The molecule has 0 saturated heterocycles. The van der Waals surface area contributed by atoms with Gasteiger partial charge in [-0.2, -0.15) is 0 Å². The molecule has 0 aliphatic carbocycles. The van der Waals surface area contributed by atoms with Crippen LogP contribution in [-0.4, -0.2) is 49.3 Å². The molecule has 0 radical (unpaired) electrons. The predicted octanol–water partition coefficient (Wildman–Crippen LogP) is 21.4. The Kier molecular flexibility index (Phi) is 62.1. The van der Waals surface area contributed by atoms with Crippen molar-refractivity contribution in [1.82, 2.24) is 0 Å². The minimum atomic E-state index is -4.39. The van der Waals surface area contributed by atoms with Gasteiger partial charge in [0.1, 0.15) is 6.61 Å². The summed E-state index contributed by atoms with van der Waals surface area (Å²) in [7, 11) is -4.39. The molecule has 9 nitrogen and oxygen atoms in total. The number of unbranched alkanes of at least 4 members (excludes halogenated alkanes) is 35. The molecular formula is C69H124NO8P. The molecule has 10 heteroatoms. The fraction of sp³-hybridized carbons (Fsp3) is 0.768. The fourth-order valence-electron chi connectivity index (χ4n) is 9.40. The van der Waals surface area contributed by atoms with Gasteiger partial charge in [0.2, 0.25) is 0 Å². The summed E-state index contributed by atoms with van der Waals surface area (Å²) in [5.74, 6) is -0.821. The van der Waals surface area contributed by atoms with Crippen LogP contribution in [-0.2, 0) is 32.7 Å². The van der Waals surface area contributed by atoms with Crippen molar-refractivity contribution in [1.29, 1.82) is 0 Å². The van der Waals surface area contributed by atoms with Crippen LogP contribution >= 0.6 is 7.82 Å². The summed E-state index contributed by atoms with van der Waals surface area (Å²) < 4.78 is 33.1. The van der Waals surface area contributed by atoms with Crippen molar-refractivity contribution in [2.45, 2.75) is 315 Å². The third-order valence-corrected chi connectivity index (χ3v) is 15.2. The molecule has 0 fully saturated rings. The van der Waals surface area contributed by atoms with E-state index >= 15 is 0 Å². The highest BCUT2D eigenvalue weighted by molar-refractivity contribution is 7.47. The van der Waals surface area contributed by atoms with E-state index in [1.165, 1.54) is 199 Å². The molecule has 0 aromatic rings. The molecule has 0 amide bonds. The normalized spacial score (nSPS) is 13.5. The number of carbonyl (C=O) groups is 2. The van der Waals surface area contributed by atoms with Gasteiger partial charge in [-0.25, -0.2) is 4.57 Å². The van der Waals surface area contributed by atoms with E-state index < -0.39 is 26.5 Å². The quantitative estimate of drug-likeness (QED) is 0.0264. The van der Waals surface area contributed by atoms with Crippen molar-refractivity contribution < 1.29 is 37.6 Å². The highest BCUT2D eigenvalue weighted by atomic mass is 31.2. The van der Waals surface area contributed by atoms with Crippen molar-refractivity contribution in [2.75, 3.05) is 26.4 Å². The lowest BCUT2D eigenvalue weighted by atomic mass is 10.0. The summed E-state index contributed by atoms with van der Waals surface area (Å²) in [5.41, 5.74) is 5.40. The van der Waals surface area contributed by atoms with E-state index in [0.717, 1.165) is 77.0 Å². The first-order valence-electron chi connectivity index (χ1n) is 33.1. The van der Waals surface area contributed by atoms with Gasteiger partial charge in [0.05, 0.1) is 13.2 Å². The highest BCUT2D eigenvalue weighted by Gasteiger charge is 2.26. The number of nitrogens with two attached hydrogens (primary N) is 1. The summed E-state index contributed by atoms with van der Waals surface area (Å²) in [6, 6.07) is 0. The van der Waals surface area contributed by atoms with Crippen LogP contribution in [0.3, 0.4) is 0 Å². The molecule has 0 aliphatic rings. The molecular weight excluding hydrogens is 1000 g/mol. The first-order valence-corrected chi connectivity index (χ1v) is 34.6. The summed E-state index contributed by atoms with van der Waals surface area (Å²) >= 11 is 0. The zero-order valence-electron chi connectivity index (χ0n) is 51.3. The van der Waals surface area contributed by atoms with Gasteiger partial charge >= 0.3 is 19.8 Å². The molecule has 0 aliphatic heterocycles. The number of carbonyl (C=O) groups excluding carboxylic acids is 2. The van der Waals surface area contributed by atoms with Crippen LogP contribution in [0.4, 0.5) is 0 Å². The third-order valence-electron chi connectivity index (χ3n) is 14.3. The maximum Gasteiger partial charge on any atom is 0.472 e. The summed E-state index contributed by atoms with van der Waals surface area (Å²) in [6.45, 7) is 3.65. The van der Waals surface area contributed by atoms with Crippen molar-refractivity contribution >= 4 is 19.8 Å². The topological polar surface area (TPSA) is 134 Å². The first kappa shape index (κ1) is 76.2. The second-order valence-electron chi connectivity index (χ2n) is 22.0. The van der Waals surface area contributed by atoms with Crippen LogP contribution in [0.2, 0.25) is 0 Å². The van der Waals surface area contributed by atoms with Gasteiger partial charge in [-0.3, -0.25) is 18.6 Å². The van der Waals surface area contributed by atoms with E-state index in [1.807, 2.05) is 0 Å². The molecule has 0 spiro atoms. The van der Waals surface area contributed by atoms with Crippen LogP contribution < -0.4 is 5.73 Å². The van der Waals surface area contributed by atoms with Gasteiger partial charge in [-0.15, -0.1) is 0 Å². The Morgan fingerprint density at radius 2 is 0.696 bits per heavy atom. The zero-order valence-corrected chi connectivity index (χ0v) is 52.2.